The Bertz CT molecular complexity index is 994. The number of furan rings is 1. The van der Waals surface area contributed by atoms with Crippen LogP contribution in [0.4, 0.5) is 0 Å². The van der Waals surface area contributed by atoms with E-state index < -0.39 is 0 Å². The molecule has 2 heterocycles. The highest BCUT2D eigenvalue weighted by Crippen LogP contribution is 2.36. The Labute approximate surface area is 121 Å². The van der Waals surface area contributed by atoms with Crippen LogP contribution in [0.5, 0.6) is 0 Å². The largest absolute Gasteiger partial charge is 0.454 e. The molecule has 0 atom stereocenters. The first-order chi connectivity index (χ1) is 10.4. The van der Waals surface area contributed by atoms with E-state index in [0.29, 0.717) is 11.1 Å². The number of hydrogen-bond acceptors (Lipinski definition) is 3. The fraction of sp³-hybridized carbons (Fsp3) is 0. The summed E-state index contributed by atoms with van der Waals surface area (Å²) in [7, 11) is 0. The van der Waals surface area contributed by atoms with E-state index in [0.717, 1.165) is 27.5 Å². The van der Waals surface area contributed by atoms with Crippen molar-refractivity contribution < 1.29 is 4.42 Å². The molecule has 0 aliphatic rings. The Morgan fingerprint density at radius 1 is 0.905 bits per heavy atom. The molecule has 0 aliphatic carbocycles. The van der Waals surface area contributed by atoms with Crippen molar-refractivity contribution in [1.29, 1.82) is 5.26 Å². The quantitative estimate of drug-likeness (QED) is 0.511. The van der Waals surface area contributed by atoms with E-state index >= 15 is 0 Å². The summed E-state index contributed by atoms with van der Waals surface area (Å²) in [5.74, 6) is 0. The molecule has 0 N–H and O–H groups in total. The highest BCUT2D eigenvalue weighted by molar-refractivity contribution is 6.10. The van der Waals surface area contributed by atoms with Gasteiger partial charge < -0.3 is 4.42 Å². The van der Waals surface area contributed by atoms with Gasteiger partial charge in [-0.2, -0.15) is 5.26 Å². The molecule has 4 rings (SSSR count). The fourth-order valence-electron chi connectivity index (χ4n) is 2.66. The molecule has 0 aliphatic heterocycles. The Hall–Kier alpha value is -3.12. The first-order valence-corrected chi connectivity index (χ1v) is 6.63. The van der Waals surface area contributed by atoms with Gasteiger partial charge in [-0.1, -0.05) is 36.4 Å². The first kappa shape index (κ1) is 11.7. The second kappa shape index (κ2) is 4.46. The zero-order chi connectivity index (χ0) is 14.2. The van der Waals surface area contributed by atoms with E-state index in [1.807, 2.05) is 48.7 Å². The standard InChI is InChI=1S/C18H10N2O/c19-10-12-4-1-7-15-16-8-2-6-14(18(16)21-17(12)15)13-5-3-9-20-11-13/h1-9,11H. The number of para-hydroxylation sites is 2. The van der Waals surface area contributed by atoms with Crippen LogP contribution in [0.3, 0.4) is 0 Å². The Morgan fingerprint density at radius 2 is 1.71 bits per heavy atom. The molecule has 0 spiro atoms. The van der Waals surface area contributed by atoms with Crippen LogP contribution in [0.15, 0.2) is 65.3 Å². The van der Waals surface area contributed by atoms with Gasteiger partial charge in [0.2, 0.25) is 0 Å². The molecule has 21 heavy (non-hydrogen) atoms. The Kier molecular flexibility index (Phi) is 2.48. The van der Waals surface area contributed by atoms with E-state index in [2.05, 4.69) is 11.1 Å². The molecule has 0 saturated carbocycles. The molecular formula is C18H10N2O. The van der Waals surface area contributed by atoms with Gasteiger partial charge in [0, 0.05) is 34.3 Å². The average molecular weight is 270 g/mol. The van der Waals surface area contributed by atoms with Gasteiger partial charge in [0.15, 0.2) is 5.58 Å². The molecule has 2 aromatic carbocycles. The van der Waals surface area contributed by atoms with Crippen molar-refractivity contribution in [2.45, 2.75) is 0 Å². The van der Waals surface area contributed by atoms with Crippen molar-refractivity contribution in [2.24, 2.45) is 0 Å². The van der Waals surface area contributed by atoms with Gasteiger partial charge >= 0.3 is 0 Å². The highest BCUT2D eigenvalue weighted by Gasteiger charge is 2.14. The molecule has 0 bridgehead atoms. The SMILES string of the molecule is N#Cc1cccc2c1oc1c(-c3cccnc3)cccc12. The number of rotatable bonds is 1. The van der Waals surface area contributed by atoms with Crippen LogP contribution >= 0.6 is 0 Å². The molecule has 0 unspecified atom stereocenters. The van der Waals surface area contributed by atoms with Crippen molar-refractivity contribution in [1.82, 2.24) is 4.98 Å². The zero-order valence-corrected chi connectivity index (χ0v) is 11.1. The summed E-state index contributed by atoms with van der Waals surface area (Å²) in [6, 6.07) is 17.7. The number of aromatic nitrogens is 1. The topological polar surface area (TPSA) is 49.8 Å². The highest BCUT2D eigenvalue weighted by atomic mass is 16.3. The number of nitrogens with zero attached hydrogens (tertiary/aromatic N) is 2. The van der Waals surface area contributed by atoms with Gasteiger partial charge in [0.25, 0.3) is 0 Å². The van der Waals surface area contributed by atoms with Crippen LogP contribution < -0.4 is 0 Å². The second-order valence-electron chi connectivity index (χ2n) is 4.82. The minimum Gasteiger partial charge on any atom is -0.454 e. The number of pyridine rings is 1. The zero-order valence-electron chi connectivity index (χ0n) is 11.1. The van der Waals surface area contributed by atoms with E-state index in [1.165, 1.54) is 0 Å². The van der Waals surface area contributed by atoms with Gasteiger partial charge in [-0.25, -0.2) is 0 Å². The van der Waals surface area contributed by atoms with E-state index in [9.17, 15) is 5.26 Å². The molecule has 3 nitrogen and oxygen atoms in total. The maximum absolute atomic E-state index is 9.23. The molecule has 0 fully saturated rings. The number of hydrogen-bond donors (Lipinski definition) is 0. The van der Waals surface area contributed by atoms with Crippen molar-refractivity contribution in [3.8, 4) is 17.2 Å². The van der Waals surface area contributed by atoms with Crippen LogP contribution in [0, 0.1) is 11.3 Å². The maximum Gasteiger partial charge on any atom is 0.153 e. The second-order valence-corrected chi connectivity index (χ2v) is 4.82. The van der Waals surface area contributed by atoms with Gasteiger partial charge in [0.1, 0.15) is 11.7 Å². The third-order valence-electron chi connectivity index (χ3n) is 3.62. The predicted octanol–water partition coefficient (Wildman–Crippen LogP) is 4.52. The Morgan fingerprint density at radius 3 is 2.48 bits per heavy atom. The van der Waals surface area contributed by atoms with Crippen LogP contribution in [-0.2, 0) is 0 Å². The molecule has 4 aromatic rings. The van der Waals surface area contributed by atoms with Crippen LogP contribution in [-0.4, -0.2) is 4.98 Å². The molecule has 0 radical (unpaired) electrons. The summed E-state index contributed by atoms with van der Waals surface area (Å²) < 4.78 is 6.01. The summed E-state index contributed by atoms with van der Waals surface area (Å²) in [4.78, 5) is 4.16. The van der Waals surface area contributed by atoms with Gasteiger partial charge in [-0.05, 0) is 12.1 Å². The molecular weight excluding hydrogens is 260 g/mol. The van der Waals surface area contributed by atoms with Gasteiger partial charge in [-0.3, -0.25) is 4.98 Å². The first-order valence-electron chi connectivity index (χ1n) is 6.63. The fourth-order valence-corrected chi connectivity index (χ4v) is 2.66. The molecule has 2 aromatic heterocycles. The van der Waals surface area contributed by atoms with Gasteiger partial charge in [0.05, 0.1) is 5.56 Å². The van der Waals surface area contributed by atoms with E-state index in [1.54, 1.807) is 12.3 Å². The lowest BCUT2D eigenvalue weighted by Crippen LogP contribution is -1.79. The molecule has 0 amide bonds. The van der Waals surface area contributed by atoms with Crippen molar-refractivity contribution >= 4 is 21.9 Å². The van der Waals surface area contributed by atoms with E-state index in [-0.39, 0.29) is 0 Å². The smallest absolute Gasteiger partial charge is 0.153 e. The minimum absolute atomic E-state index is 0.556. The summed E-state index contributed by atoms with van der Waals surface area (Å²) in [5, 5.41) is 11.2. The normalized spacial score (nSPS) is 10.8. The molecule has 98 valence electrons. The predicted molar refractivity (Wildman–Crippen MR) is 81.7 cm³/mol. The van der Waals surface area contributed by atoms with Crippen LogP contribution in [0.25, 0.3) is 33.1 Å². The summed E-state index contributed by atoms with van der Waals surface area (Å²) >= 11 is 0. The maximum atomic E-state index is 9.23. The van der Waals surface area contributed by atoms with Crippen molar-refractivity contribution in [3.63, 3.8) is 0 Å². The number of benzene rings is 2. The average Bonchev–Trinajstić information content (AvgIpc) is 2.94. The Balaban J connectivity index is 2.14. The number of fused-ring (bicyclic) bond motifs is 3. The van der Waals surface area contributed by atoms with Crippen LogP contribution in [0.2, 0.25) is 0 Å². The third-order valence-corrected chi connectivity index (χ3v) is 3.62. The molecule has 3 heteroatoms. The third kappa shape index (κ3) is 1.70. The van der Waals surface area contributed by atoms with Crippen molar-refractivity contribution in [2.75, 3.05) is 0 Å². The van der Waals surface area contributed by atoms with Gasteiger partial charge in [-0.15, -0.1) is 0 Å². The van der Waals surface area contributed by atoms with Crippen LogP contribution in [0.1, 0.15) is 5.56 Å². The summed E-state index contributed by atoms with van der Waals surface area (Å²) in [6.45, 7) is 0. The monoisotopic (exact) mass is 270 g/mol. The lowest BCUT2D eigenvalue weighted by atomic mass is 10.0. The number of nitriles is 1. The summed E-state index contributed by atoms with van der Waals surface area (Å²) in [6.07, 6.45) is 3.56. The van der Waals surface area contributed by atoms with Crippen molar-refractivity contribution in [3.05, 3.63) is 66.5 Å². The summed E-state index contributed by atoms with van der Waals surface area (Å²) in [5.41, 5.74) is 3.98. The minimum atomic E-state index is 0.556. The lowest BCUT2D eigenvalue weighted by Gasteiger charge is -2.01. The van der Waals surface area contributed by atoms with E-state index in [4.69, 9.17) is 4.42 Å². The lowest BCUT2D eigenvalue weighted by molar-refractivity contribution is 0.668. The molecule has 0 saturated heterocycles.